The predicted molar refractivity (Wildman–Crippen MR) is 109 cm³/mol. The zero-order valence-corrected chi connectivity index (χ0v) is 16.8. The van der Waals surface area contributed by atoms with Crippen molar-refractivity contribution < 1.29 is 4.79 Å². The van der Waals surface area contributed by atoms with Crippen LogP contribution in [0.2, 0.25) is 0 Å². The number of nitrogens with zero attached hydrogens (tertiary/aromatic N) is 3. The first-order valence-electron chi connectivity index (χ1n) is 10.00. The van der Waals surface area contributed by atoms with Crippen molar-refractivity contribution in [1.29, 1.82) is 0 Å². The summed E-state index contributed by atoms with van der Waals surface area (Å²) in [6.45, 7) is 9.86. The highest BCUT2D eigenvalue weighted by Crippen LogP contribution is 2.28. The molecule has 0 aliphatic carbocycles. The van der Waals surface area contributed by atoms with Gasteiger partial charge < -0.3 is 4.90 Å². The topological polar surface area (TPSA) is 36.4 Å². The van der Waals surface area contributed by atoms with Gasteiger partial charge in [-0.2, -0.15) is 0 Å². The van der Waals surface area contributed by atoms with Crippen LogP contribution >= 0.6 is 0 Å². The molecule has 1 atom stereocenters. The molecule has 1 amide bonds. The van der Waals surface area contributed by atoms with Gasteiger partial charge >= 0.3 is 0 Å². The van der Waals surface area contributed by atoms with Gasteiger partial charge in [-0.3, -0.25) is 14.7 Å². The molecule has 1 aromatic carbocycles. The zero-order valence-electron chi connectivity index (χ0n) is 16.8. The number of carbonyl (C=O) groups is 1. The molecule has 1 aromatic heterocycles. The summed E-state index contributed by atoms with van der Waals surface area (Å²) in [6.07, 6.45) is 5.91. The van der Waals surface area contributed by atoms with E-state index in [1.807, 2.05) is 44.4 Å². The van der Waals surface area contributed by atoms with E-state index in [4.69, 9.17) is 0 Å². The average molecular weight is 366 g/mol. The lowest BCUT2D eigenvalue weighted by atomic mass is 9.82. The van der Waals surface area contributed by atoms with E-state index in [9.17, 15) is 4.79 Å². The van der Waals surface area contributed by atoms with Crippen LogP contribution in [0.4, 0.5) is 0 Å². The summed E-state index contributed by atoms with van der Waals surface area (Å²) in [6, 6.07) is 14.7. The van der Waals surface area contributed by atoms with Crippen LogP contribution in [0, 0.1) is 0 Å². The van der Waals surface area contributed by atoms with Gasteiger partial charge in [-0.25, -0.2) is 0 Å². The highest BCUT2D eigenvalue weighted by molar-refractivity contribution is 5.87. The quantitative estimate of drug-likeness (QED) is 0.780. The lowest BCUT2D eigenvalue weighted by Crippen LogP contribution is -2.53. The molecule has 0 saturated carbocycles. The van der Waals surface area contributed by atoms with Crippen LogP contribution in [0.25, 0.3) is 0 Å². The first-order chi connectivity index (χ1) is 13.0. The summed E-state index contributed by atoms with van der Waals surface area (Å²) >= 11 is 0. The lowest BCUT2D eigenvalue weighted by Gasteiger charge is -2.41. The first kappa shape index (κ1) is 19.6. The van der Waals surface area contributed by atoms with Crippen molar-refractivity contribution >= 4 is 5.91 Å². The molecule has 2 heterocycles. The minimum atomic E-state index is -0.495. The van der Waals surface area contributed by atoms with Crippen LogP contribution in [0.5, 0.6) is 0 Å². The number of benzene rings is 1. The Morgan fingerprint density at radius 2 is 1.89 bits per heavy atom. The van der Waals surface area contributed by atoms with Crippen LogP contribution in [-0.2, 0) is 16.8 Å². The van der Waals surface area contributed by atoms with Crippen LogP contribution in [-0.4, -0.2) is 46.4 Å². The van der Waals surface area contributed by atoms with E-state index in [0.29, 0.717) is 6.04 Å². The lowest BCUT2D eigenvalue weighted by molar-refractivity contribution is -0.138. The largest absolute Gasteiger partial charge is 0.340 e. The number of carbonyl (C=O) groups excluding carboxylic acids is 1. The Labute approximate surface area is 163 Å². The fraction of sp³-hybridized carbons (Fsp3) is 0.478. The molecule has 4 heteroatoms. The fourth-order valence-corrected chi connectivity index (χ4v) is 4.03. The van der Waals surface area contributed by atoms with E-state index in [-0.39, 0.29) is 5.91 Å². The van der Waals surface area contributed by atoms with E-state index in [0.717, 1.165) is 44.6 Å². The maximum absolute atomic E-state index is 13.3. The Hall–Kier alpha value is -2.20. The molecule has 1 saturated heterocycles. The maximum atomic E-state index is 13.3. The third-order valence-corrected chi connectivity index (χ3v) is 5.77. The van der Waals surface area contributed by atoms with E-state index < -0.39 is 5.41 Å². The number of aromatic nitrogens is 1. The monoisotopic (exact) mass is 365 g/mol. The van der Waals surface area contributed by atoms with Gasteiger partial charge in [0.2, 0.25) is 5.91 Å². The van der Waals surface area contributed by atoms with Crippen molar-refractivity contribution in [3.63, 3.8) is 0 Å². The van der Waals surface area contributed by atoms with Crippen LogP contribution in [0.15, 0.2) is 54.9 Å². The first-order valence-corrected chi connectivity index (χ1v) is 10.00. The van der Waals surface area contributed by atoms with E-state index >= 15 is 0 Å². The number of piperidine rings is 1. The molecule has 0 N–H and O–H groups in total. The second kappa shape index (κ2) is 8.66. The molecular weight excluding hydrogens is 334 g/mol. The van der Waals surface area contributed by atoms with Crippen molar-refractivity contribution in [1.82, 2.24) is 14.8 Å². The van der Waals surface area contributed by atoms with Crippen molar-refractivity contribution in [2.24, 2.45) is 0 Å². The summed E-state index contributed by atoms with van der Waals surface area (Å²) < 4.78 is 0. The average Bonchev–Trinajstić information content (AvgIpc) is 2.73. The molecule has 0 spiro atoms. The Kier molecular flexibility index (Phi) is 6.27. The highest BCUT2D eigenvalue weighted by atomic mass is 16.2. The standard InChI is InChI=1S/C23H31N3O/c1-4-25(17-19-12-14-24-15-13-19)21-11-8-16-26(18-21)22(27)23(2,3)20-9-6-5-7-10-20/h5-7,9-10,12-15,21H,4,8,11,16-18H2,1-3H3. The molecule has 1 fully saturated rings. The van der Waals surface area contributed by atoms with Gasteiger partial charge in [0.1, 0.15) is 0 Å². The van der Waals surface area contributed by atoms with Gasteiger partial charge in [0, 0.05) is 38.1 Å². The van der Waals surface area contributed by atoms with Gasteiger partial charge in [-0.05, 0) is 56.5 Å². The number of pyridine rings is 1. The second-order valence-electron chi connectivity index (χ2n) is 7.96. The Bertz CT molecular complexity index is 730. The van der Waals surface area contributed by atoms with Gasteiger partial charge in [0.05, 0.1) is 5.41 Å². The summed E-state index contributed by atoms with van der Waals surface area (Å²) in [5, 5.41) is 0. The normalized spacial score (nSPS) is 17.9. The molecule has 4 nitrogen and oxygen atoms in total. The van der Waals surface area contributed by atoms with E-state index in [1.165, 1.54) is 5.56 Å². The Morgan fingerprint density at radius 1 is 1.19 bits per heavy atom. The fourth-order valence-electron chi connectivity index (χ4n) is 4.03. The summed E-state index contributed by atoms with van der Waals surface area (Å²) in [4.78, 5) is 22.0. The van der Waals surface area contributed by atoms with E-state index in [1.54, 1.807) is 0 Å². The molecule has 3 rings (SSSR count). The van der Waals surface area contributed by atoms with Crippen molar-refractivity contribution in [2.75, 3.05) is 19.6 Å². The van der Waals surface area contributed by atoms with Gasteiger partial charge in [0.25, 0.3) is 0 Å². The van der Waals surface area contributed by atoms with Gasteiger partial charge in [0.15, 0.2) is 0 Å². The summed E-state index contributed by atoms with van der Waals surface area (Å²) in [5.74, 6) is 0.235. The number of likely N-dealkylation sites (N-methyl/N-ethyl adjacent to an activating group) is 1. The summed E-state index contributed by atoms with van der Waals surface area (Å²) in [7, 11) is 0. The molecule has 1 aliphatic rings. The molecule has 0 bridgehead atoms. The molecule has 0 radical (unpaired) electrons. The number of likely N-dealkylation sites (tertiary alicyclic amines) is 1. The van der Waals surface area contributed by atoms with E-state index in [2.05, 4.69) is 46.0 Å². The van der Waals surface area contributed by atoms with Crippen LogP contribution in [0.3, 0.4) is 0 Å². The Balaban J connectivity index is 1.70. The molecular formula is C23H31N3O. The molecule has 1 unspecified atom stereocenters. The third-order valence-electron chi connectivity index (χ3n) is 5.77. The third kappa shape index (κ3) is 4.56. The summed E-state index contributed by atoms with van der Waals surface area (Å²) in [5.41, 5.74) is 1.87. The van der Waals surface area contributed by atoms with Crippen LogP contribution in [0.1, 0.15) is 44.7 Å². The number of hydrogen-bond donors (Lipinski definition) is 0. The zero-order chi connectivity index (χ0) is 19.3. The second-order valence-corrected chi connectivity index (χ2v) is 7.96. The molecule has 144 valence electrons. The van der Waals surface area contributed by atoms with Gasteiger partial charge in [-0.15, -0.1) is 0 Å². The van der Waals surface area contributed by atoms with Crippen molar-refractivity contribution in [3.8, 4) is 0 Å². The van der Waals surface area contributed by atoms with Crippen LogP contribution < -0.4 is 0 Å². The number of amides is 1. The minimum Gasteiger partial charge on any atom is -0.340 e. The maximum Gasteiger partial charge on any atom is 0.232 e. The molecule has 27 heavy (non-hydrogen) atoms. The highest BCUT2D eigenvalue weighted by Gasteiger charge is 2.36. The van der Waals surface area contributed by atoms with Crippen molar-refractivity contribution in [2.45, 2.75) is 51.6 Å². The minimum absolute atomic E-state index is 0.235. The van der Waals surface area contributed by atoms with Crippen molar-refractivity contribution in [3.05, 3.63) is 66.0 Å². The van der Waals surface area contributed by atoms with Gasteiger partial charge in [-0.1, -0.05) is 37.3 Å². The number of hydrogen-bond acceptors (Lipinski definition) is 3. The number of rotatable bonds is 6. The Morgan fingerprint density at radius 3 is 2.56 bits per heavy atom. The predicted octanol–water partition coefficient (Wildman–Crippen LogP) is 3.87. The molecule has 2 aromatic rings. The smallest absolute Gasteiger partial charge is 0.232 e. The molecule has 1 aliphatic heterocycles. The SMILES string of the molecule is CCN(Cc1ccncc1)C1CCCN(C(=O)C(C)(C)c2ccccc2)C1.